The molecule has 1 aliphatic heterocycles. The molecule has 5 heteroatoms. The molecule has 0 aliphatic carbocycles. The zero-order valence-electron chi connectivity index (χ0n) is 10.3. The lowest BCUT2D eigenvalue weighted by molar-refractivity contribution is -0.142. The largest absolute Gasteiger partial charge is 0.480 e. The van der Waals surface area contributed by atoms with Crippen LogP contribution in [0.1, 0.15) is 33.6 Å². The fourth-order valence-electron chi connectivity index (χ4n) is 1.79. The van der Waals surface area contributed by atoms with Gasteiger partial charge in [-0.3, -0.25) is 4.90 Å². The van der Waals surface area contributed by atoms with E-state index < -0.39 is 29.7 Å². The van der Waals surface area contributed by atoms with E-state index in [2.05, 4.69) is 5.92 Å². The van der Waals surface area contributed by atoms with Crippen LogP contribution in [-0.4, -0.2) is 39.8 Å². The SMILES string of the molecule is C#CC1CCC(C(=O)O)N1C(=O)OC(C)(C)C. The van der Waals surface area contributed by atoms with Crippen LogP contribution in [0.3, 0.4) is 0 Å². The van der Waals surface area contributed by atoms with Crippen molar-refractivity contribution in [3.63, 3.8) is 0 Å². The van der Waals surface area contributed by atoms with Gasteiger partial charge < -0.3 is 9.84 Å². The Bertz CT molecular complexity index is 364. The van der Waals surface area contributed by atoms with Gasteiger partial charge in [0, 0.05) is 0 Å². The molecule has 2 atom stereocenters. The first kappa shape index (κ1) is 13.4. The van der Waals surface area contributed by atoms with E-state index in [9.17, 15) is 9.59 Å². The number of hydrogen-bond donors (Lipinski definition) is 1. The maximum absolute atomic E-state index is 11.9. The summed E-state index contributed by atoms with van der Waals surface area (Å²) < 4.78 is 5.16. The van der Waals surface area contributed by atoms with Crippen LogP contribution < -0.4 is 0 Å². The third-order valence-corrected chi connectivity index (χ3v) is 2.47. The van der Waals surface area contributed by atoms with Crippen LogP contribution in [0.15, 0.2) is 0 Å². The zero-order chi connectivity index (χ0) is 13.2. The molecule has 1 heterocycles. The van der Waals surface area contributed by atoms with Crippen LogP contribution in [0, 0.1) is 12.3 Å². The van der Waals surface area contributed by atoms with Gasteiger partial charge in [0.1, 0.15) is 11.6 Å². The van der Waals surface area contributed by atoms with Gasteiger partial charge in [0.15, 0.2) is 0 Å². The van der Waals surface area contributed by atoms with E-state index in [0.717, 1.165) is 4.90 Å². The third-order valence-electron chi connectivity index (χ3n) is 2.47. The Kier molecular flexibility index (Phi) is 3.66. The Morgan fingerprint density at radius 3 is 2.41 bits per heavy atom. The van der Waals surface area contributed by atoms with Crippen molar-refractivity contribution in [1.82, 2.24) is 4.90 Å². The van der Waals surface area contributed by atoms with E-state index in [1.165, 1.54) is 0 Å². The van der Waals surface area contributed by atoms with Gasteiger partial charge in [-0.1, -0.05) is 5.92 Å². The van der Waals surface area contributed by atoms with Crippen molar-refractivity contribution in [2.24, 2.45) is 0 Å². The summed E-state index contributed by atoms with van der Waals surface area (Å²) in [6.45, 7) is 5.17. The van der Waals surface area contributed by atoms with Gasteiger partial charge in [0.2, 0.25) is 0 Å². The Hall–Kier alpha value is -1.70. The number of nitrogens with zero attached hydrogens (tertiary/aromatic N) is 1. The van der Waals surface area contributed by atoms with Crippen LogP contribution in [0.4, 0.5) is 4.79 Å². The monoisotopic (exact) mass is 239 g/mol. The molecule has 0 radical (unpaired) electrons. The lowest BCUT2D eigenvalue weighted by Crippen LogP contribution is -2.46. The molecule has 0 spiro atoms. The third kappa shape index (κ3) is 3.13. The number of likely N-dealkylation sites (tertiary alicyclic amines) is 1. The second-order valence-electron chi connectivity index (χ2n) is 5.00. The Labute approximate surface area is 101 Å². The van der Waals surface area contributed by atoms with Gasteiger partial charge in [-0.15, -0.1) is 6.42 Å². The minimum atomic E-state index is -1.05. The molecule has 1 fully saturated rings. The summed E-state index contributed by atoms with van der Waals surface area (Å²) in [7, 11) is 0. The molecular formula is C12H17NO4. The van der Waals surface area contributed by atoms with Crippen molar-refractivity contribution in [2.75, 3.05) is 0 Å². The van der Waals surface area contributed by atoms with Crippen LogP contribution >= 0.6 is 0 Å². The van der Waals surface area contributed by atoms with Crippen molar-refractivity contribution in [2.45, 2.75) is 51.3 Å². The van der Waals surface area contributed by atoms with E-state index in [4.69, 9.17) is 16.3 Å². The topological polar surface area (TPSA) is 66.8 Å². The number of rotatable bonds is 1. The molecular weight excluding hydrogens is 222 g/mol. The summed E-state index contributed by atoms with van der Waals surface area (Å²) in [4.78, 5) is 24.1. The Morgan fingerprint density at radius 1 is 1.41 bits per heavy atom. The molecule has 1 aliphatic rings. The molecule has 17 heavy (non-hydrogen) atoms. The molecule has 0 aromatic carbocycles. The first-order chi connectivity index (χ1) is 7.76. The van der Waals surface area contributed by atoms with Gasteiger partial charge in [0.05, 0.1) is 6.04 Å². The first-order valence-corrected chi connectivity index (χ1v) is 5.46. The van der Waals surface area contributed by atoms with E-state index in [1.807, 2.05) is 0 Å². The summed E-state index contributed by atoms with van der Waals surface area (Å²) in [5.74, 6) is 1.38. The highest BCUT2D eigenvalue weighted by atomic mass is 16.6. The van der Waals surface area contributed by atoms with Crippen LogP contribution in [-0.2, 0) is 9.53 Å². The predicted octanol–water partition coefficient (Wildman–Crippen LogP) is 1.47. The highest BCUT2D eigenvalue weighted by Gasteiger charge is 2.42. The van der Waals surface area contributed by atoms with E-state index in [-0.39, 0.29) is 0 Å². The molecule has 0 saturated carbocycles. The summed E-state index contributed by atoms with van der Waals surface area (Å²) in [5.41, 5.74) is -0.665. The summed E-state index contributed by atoms with van der Waals surface area (Å²) in [6.07, 6.45) is 5.49. The number of aliphatic carboxylic acids is 1. The van der Waals surface area contributed by atoms with E-state index in [0.29, 0.717) is 12.8 Å². The molecule has 0 aromatic heterocycles. The highest BCUT2D eigenvalue weighted by Crippen LogP contribution is 2.26. The number of hydrogen-bond acceptors (Lipinski definition) is 3. The molecule has 1 N–H and O–H groups in total. The first-order valence-electron chi connectivity index (χ1n) is 5.46. The molecule has 0 aromatic rings. The molecule has 1 rings (SSSR count). The standard InChI is InChI=1S/C12H17NO4/c1-5-8-6-7-9(10(14)15)13(8)11(16)17-12(2,3)4/h1,8-9H,6-7H2,2-4H3,(H,14,15). The average Bonchev–Trinajstić information content (AvgIpc) is 2.57. The fraction of sp³-hybridized carbons (Fsp3) is 0.667. The number of terminal acetylenes is 1. The summed E-state index contributed by atoms with van der Waals surface area (Å²) >= 11 is 0. The fourth-order valence-corrected chi connectivity index (χ4v) is 1.79. The van der Waals surface area contributed by atoms with Crippen molar-refractivity contribution >= 4 is 12.1 Å². The number of carboxylic acids is 1. The van der Waals surface area contributed by atoms with Gasteiger partial charge >= 0.3 is 12.1 Å². The second kappa shape index (κ2) is 4.66. The number of carbonyl (C=O) groups excluding carboxylic acids is 1. The van der Waals surface area contributed by atoms with Crippen LogP contribution in [0.25, 0.3) is 0 Å². The number of ether oxygens (including phenoxy) is 1. The quantitative estimate of drug-likeness (QED) is 0.704. The molecule has 2 unspecified atom stereocenters. The van der Waals surface area contributed by atoms with E-state index in [1.54, 1.807) is 20.8 Å². The smallest absolute Gasteiger partial charge is 0.412 e. The maximum atomic E-state index is 11.9. The van der Waals surface area contributed by atoms with Crippen LogP contribution in [0.5, 0.6) is 0 Å². The molecule has 1 saturated heterocycles. The molecule has 5 nitrogen and oxygen atoms in total. The molecule has 0 bridgehead atoms. The Morgan fingerprint density at radius 2 is 2.00 bits per heavy atom. The second-order valence-corrected chi connectivity index (χ2v) is 5.00. The van der Waals surface area contributed by atoms with Gasteiger partial charge in [-0.05, 0) is 33.6 Å². The van der Waals surface area contributed by atoms with Gasteiger partial charge in [-0.2, -0.15) is 0 Å². The zero-order valence-corrected chi connectivity index (χ0v) is 10.3. The molecule has 1 amide bonds. The predicted molar refractivity (Wildman–Crippen MR) is 61.4 cm³/mol. The van der Waals surface area contributed by atoms with Crippen LogP contribution in [0.2, 0.25) is 0 Å². The lowest BCUT2D eigenvalue weighted by Gasteiger charge is -2.29. The normalized spacial score (nSPS) is 24.2. The van der Waals surface area contributed by atoms with E-state index >= 15 is 0 Å². The lowest BCUT2D eigenvalue weighted by atomic mass is 10.2. The average molecular weight is 239 g/mol. The minimum Gasteiger partial charge on any atom is -0.480 e. The number of amides is 1. The maximum Gasteiger partial charge on any atom is 0.412 e. The highest BCUT2D eigenvalue weighted by molar-refractivity contribution is 5.81. The minimum absolute atomic E-state index is 0.365. The van der Waals surface area contributed by atoms with Crippen molar-refractivity contribution in [3.8, 4) is 12.3 Å². The summed E-state index contributed by atoms with van der Waals surface area (Å²) in [5, 5.41) is 9.03. The Balaban J connectivity index is 2.86. The van der Waals surface area contributed by atoms with Crippen molar-refractivity contribution in [3.05, 3.63) is 0 Å². The van der Waals surface area contributed by atoms with Crippen molar-refractivity contribution in [1.29, 1.82) is 0 Å². The van der Waals surface area contributed by atoms with Crippen molar-refractivity contribution < 1.29 is 19.4 Å². The number of carbonyl (C=O) groups is 2. The van der Waals surface area contributed by atoms with Gasteiger partial charge in [-0.25, -0.2) is 9.59 Å². The number of carboxylic acid groups (broad SMARTS) is 1. The van der Waals surface area contributed by atoms with Gasteiger partial charge in [0.25, 0.3) is 0 Å². The molecule has 94 valence electrons. The summed E-state index contributed by atoms with van der Waals surface area (Å²) in [6, 6.07) is -1.38.